The van der Waals surface area contributed by atoms with Gasteiger partial charge in [-0.05, 0) is 38.1 Å². The number of likely N-dealkylation sites (tertiary alicyclic amines) is 1. The van der Waals surface area contributed by atoms with Crippen LogP contribution in [0.2, 0.25) is 0 Å². The second kappa shape index (κ2) is 6.97. The van der Waals surface area contributed by atoms with Crippen LogP contribution < -0.4 is 5.32 Å². The summed E-state index contributed by atoms with van der Waals surface area (Å²) in [4.78, 5) is 2.33. The van der Waals surface area contributed by atoms with Crippen molar-refractivity contribution >= 4 is 5.69 Å². The minimum atomic E-state index is -4.30. The summed E-state index contributed by atoms with van der Waals surface area (Å²) in [6.45, 7) is 3.46. The molecule has 0 spiro atoms. The molecule has 0 aromatic heterocycles. The zero-order chi connectivity index (χ0) is 14.4. The van der Waals surface area contributed by atoms with E-state index in [1.165, 1.54) is 37.8 Å². The van der Waals surface area contributed by atoms with Gasteiger partial charge in [0.15, 0.2) is 0 Å². The highest BCUT2D eigenvalue weighted by Crippen LogP contribution is 2.34. The molecule has 5 heteroatoms. The smallest absolute Gasteiger partial charge is 0.383 e. The van der Waals surface area contributed by atoms with E-state index in [0.29, 0.717) is 6.54 Å². The molecule has 1 heterocycles. The maximum Gasteiger partial charge on any atom is 0.418 e. The van der Waals surface area contributed by atoms with Crippen molar-refractivity contribution in [2.24, 2.45) is 0 Å². The van der Waals surface area contributed by atoms with Crippen LogP contribution in [0.15, 0.2) is 24.3 Å². The third kappa shape index (κ3) is 4.40. The highest BCUT2D eigenvalue weighted by Gasteiger charge is 2.32. The van der Waals surface area contributed by atoms with Crippen molar-refractivity contribution in [1.82, 2.24) is 4.90 Å². The molecule has 0 radical (unpaired) electrons. The lowest BCUT2D eigenvalue weighted by molar-refractivity contribution is -0.136. The van der Waals surface area contributed by atoms with E-state index < -0.39 is 11.7 Å². The first-order valence-electron chi connectivity index (χ1n) is 7.20. The molecule has 1 saturated heterocycles. The van der Waals surface area contributed by atoms with E-state index in [4.69, 9.17) is 0 Å². The van der Waals surface area contributed by atoms with E-state index in [1.807, 2.05) is 0 Å². The molecule has 1 fully saturated rings. The van der Waals surface area contributed by atoms with Crippen LogP contribution in [0.3, 0.4) is 0 Å². The molecule has 20 heavy (non-hydrogen) atoms. The van der Waals surface area contributed by atoms with Crippen LogP contribution >= 0.6 is 0 Å². The minimum absolute atomic E-state index is 0.176. The van der Waals surface area contributed by atoms with Crippen LogP contribution in [0.5, 0.6) is 0 Å². The van der Waals surface area contributed by atoms with E-state index >= 15 is 0 Å². The van der Waals surface area contributed by atoms with Gasteiger partial charge in [-0.15, -0.1) is 0 Å². The Morgan fingerprint density at radius 2 is 1.65 bits per heavy atom. The number of alkyl halides is 3. The number of hydrogen-bond acceptors (Lipinski definition) is 2. The summed E-state index contributed by atoms with van der Waals surface area (Å²) < 4.78 is 38.5. The monoisotopic (exact) mass is 286 g/mol. The Kier molecular flexibility index (Phi) is 5.29. The summed E-state index contributed by atoms with van der Waals surface area (Å²) in [5.74, 6) is 0. The van der Waals surface area contributed by atoms with Crippen molar-refractivity contribution in [2.75, 3.05) is 31.5 Å². The van der Waals surface area contributed by atoms with Crippen LogP contribution in [-0.2, 0) is 6.18 Å². The fourth-order valence-corrected chi connectivity index (χ4v) is 2.59. The summed E-state index contributed by atoms with van der Waals surface area (Å²) in [5.41, 5.74) is -0.411. The summed E-state index contributed by atoms with van der Waals surface area (Å²) in [7, 11) is 0. The number of para-hydroxylation sites is 1. The second-order valence-corrected chi connectivity index (χ2v) is 5.23. The van der Waals surface area contributed by atoms with E-state index in [9.17, 15) is 13.2 Å². The lowest BCUT2D eigenvalue weighted by atomic mass is 10.1. The highest BCUT2D eigenvalue weighted by atomic mass is 19.4. The Balaban J connectivity index is 1.87. The fourth-order valence-electron chi connectivity index (χ4n) is 2.59. The van der Waals surface area contributed by atoms with Crippen LogP contribution in [0.4, 0.5) is 18.9 Å². The van der Waals surface area contributed by atoms with Crippen molar-refractivity contribution in [3.05, 3.63) is 29.8 Å². The standard InChI is InChI=1S/C15H21F3N2/c16-15(17,18)13-7-3-4-8-14(13)19-9-12-20-10-5-1-2-6-11-20/h3-4,7-8,19H,1-2,5-6,9-12H2. The Hall–Kier alpha value is -1.23. The van der Waals surface area contributed by atoms with Gasteiger partial charge in [-0.3, -0.25) is 0 Å². The van der Waals surface area contributed by atoms with Gasteiger partial charge in [0, 0.05) is 18.8 Å². The fraction of sp³-hybridized carbons (Fsp3) is 0.600. The number of rotatable bonds is 4. The van der Waals surface area contributed by atoms with Crippen molar-refractivity contribution in [1.29, 1.82) is 0 Å². The van der Waals surface area contributed by atoms with Crippen LogP contribution in [0, 0.1) is 0 Å². The molecule has 112 valence electrons. The quantitative estimate of drug-likeness (QED) is 0.900. The highest BCUT2D eigenvalue weighted by molar-refractivity contribution is 5.52. The van der Waals surface area contributed by atoms with Gasteiger partial charge in [0.05, 0.1) is 5.56 Å². The van der Waals surface area contributed by atoms with E-state index in [1.54, 1.807) is 6.07 Å². The molecule has 0 saturated carbocycles. The molecule has 0 aliphatic carbocycles. The van der Waals surface area contributed by atoms with Gasteiger partial charge in [-0.25, -0.2) is 0 Å². The minimum Gasteiger partial charge on any atom is -0.383 e. The maximum absolute atomic E-state index is 12.8. The predicted molar refractivity (Wildman–Crippen MR) is 74.8 cm³/mol. The third-order valence-electron chi connectivity index (χ3n) is 3.67. The summed E-state index contributed by atoms with van der Waals surface area (Å²) in [5, 5.41) is 2.93. The van der Waals surface area contributed by atoms with Crippen LogP contribution in [0.1, 0.15) is 31.2 Å². The Labute approximate surface area is 118 Å². The van der Waals surface area contributed by atoms with E-state index in [-0.39, 0.29) is 5.69 Å². The predicted octanol–water partition coefficient (Wildman–Crippen LogP) is 3.99. The molecule has 0 atom stereocenters. The zero-order valence-corrected chi connectivity index (χ0v) is 11.5. The molecule has 0 bridgehead atoms. The average Bonchev–Trinajstić information content (AvgIpc) is 2.67. The Morgan fingerprint density at radius 3 is 2.30 bits per heavy atom. The molecule has 0 amide bonds. The molecule has 2 nitrogen and oxygen atoms in total. The van der Waals surface area contributed by atoms with Gasteiger partial charge in [-0.2, -0.15) is 13.2 Å². The average molecular weight is 286 g/mol. The summed E-state index contributed by atoms with van der Waals surface area (Å²) in [6, 6.07) is 5.66. The lowest BCUT2D eigenvalue weighted by Gasteiger charge is -2.21. The van der Waals surface area contributed by atoms with Crippen LogP contribution in [0.25, 0.3) is 0 Å². The Morgan fingerprint density at radius 1 is 1.00 bits per heavy atom. The molecule has 0 unspecified atom stereocenters. The second-order valence-electron chi connectivity index (χ2n) is 5.23. The Bertz CT molecular complexity index is 410. The molecule has 2 rings (SSSR count). The van der Waals surface area contributed by atoms with Crippen molar-refractivity contribution in [2.45, 2.75) is 31.9 Å². The SMILES string of the molecule is FC(F)(F)c1ccccc1NCCN1CCCCCC1. The number of nitrogens with one attached hydrogen (secondary N) is 1. The normalized spacial score (nSPS) is 17.8. The molecular formula is C15H21F3N2. The van der Waals surface area contributed by atoms with Gasteiger partial charge in [0.1, 0.15) is 0 Å². The van der Waals surface area contributed by atoms with Gasteiger partial charge in [0.2, 0.25) is 0 Å². The summed E-state index contributed by atoms with van der Waals surface area (Å²) >= 11 is 0. The summed E-state index contributed by atoms with van der Waals surface area (Å²) in [6.07, 6.45) is 0.617. The number of anilines is 1. The van der Waals surface area contributed by atoms with Crippen molar-refractivity contribution < 1.29 is 13.2 Å². The van der Waals surface area contributed by atoms with Gasteiger partial charge < -0.3 is 10.2 Å². The van der Waals surface area contributed by atoms with E-state index in [2.05, 4.69) is 10.2 Å². The lowest BCUT2D eigenvalue weighted by Crippen LogP contribution is -2.30. The topological polar surface area (TPSA) is 15.3 Å². The molecule has 1 aliphatic rings. The van der Waals surface area contributed by atoms with Gasteiger partial charge in [0.25, 0.3) is 0 Å². The molecule has 1 aliphatic heterocycles. The molecule has 1 aromatic carbocycles. The molecule has 1 aromatic rings. The number of benzene rings is 1. The number of halogens is 3. The van der Waals surface area contributed by atoms with Gasteiger partial charge >= 0.3 is 6.18 Å². The first kappa shape index (κ1) is 15.2. The van der Waals surface area contributed by atoms with Crippen molar-refractivity contribution in [3.8, 4) is 0 Å². The van der Waals surface area contributed by atoms with Crippen LogP contribution in [-0.4, -0.2) is 31.1 Å². The van der Waals surface area contributed by atoms with Gasteiger partial charge in [-0.1, -0.05) is 25.0 Å². The first-order valence-corrected chi connectivity index (χ1v) is 7.20. The van der Waals surface area contributed by atoms with Crippen molar-refractivity contribution in [3.63, 3.8) is 0 Å². The molecule has 1 N–H and O–H groups in total. The molecular weight excluding hydrogens is 265 g/mol. The zero-order valence-electron chi connectivity index (χ0n) is 11.5. The maximum atomic E-state index is 12.8. The van der Waals surface area contributed by atoms with E-state index in [0.717, 1.165) is 25.7 Å². The first-order chi connectivity index (χ1) is 9.57. The largest absolute Gasteiger partial charge is 0.418 e. The third-order valence-corrected chi connectivity index (χ3v) is 3.67. The number of nitrogens with zero attached hydrogens (tertiary/aromatic N) is 1. The number of hydrogen-bond donors (Lipinski definition) is 1.